The van der Waals surface area contributed by atoms with Gasteiger partial charge in [-0.05, 0) is 49.4 Å². The van der Waals surface area contributed by atoms with Gasteiger partial charge in [0.05, 0.1) is 17.0 Å². The van der Waals surface area contributed by atoms with Crippen LogP contribution in [0.5, 0.6) is 5.75 Å². The quantitative estimate of drug-likeness (QED) is 0.548. The standard InChI is InChI=1S/C24H25F2N3O/c1-15(2)17-9-10-27-13-18(12-17)23-16(3)28-24-22(8-5-11-29(23)24)30-14-19-20(25)6-4-7-21(19)26/h4-8,11-13,15,17H,9-10,14H2,1-3H3. The molecule has 1 aliphatic heterocycles. The van der Waals surface area contributed by atoms with Crippen molar-refractivity contribution in [1.29, 1.82) is 0 Å². The molecule has 0 amide bonds. The van der Waals surface area contributed by atoms with Crippen LogP contribution in [0, 0.1) is 30.4 Å². The molecule has 1 aromatic carbocycles. The fourth-order valence-corrected chi connectivity index (χ4v) is 3.85. The van der Waals surface area contributed by atoms with Gasteiger partial charge < -0.3 is 4.74 Å². The Morgan fingerprint density at radius 2 is 1.93 bits per heavy atom. The predicted octanol–water partition coefficient (Wildman–Crippen LogP) is 5.63. The van der Waals surface area contributed by atoms with Crippen molar-refractivity contribution in [3.8, 4) is 5.75 Å². The molecular formula is C24H25F2N3O. The zero-order valence-electron chi connectivity index (χ0n) is 17.4. The van der Waals surface area contributed by atoms with Crippen LogP contribution in [0.2, 0.25) is 0 Å². The highest BCUT2D eigenvalue weighted by Crippen LogP contribution is 2.30. The minimum atomic E-state index is -0.623. The van der Waals surface area contributed by atoms with E-state index in [1.54, 1.807) is 6.07 Å². The molecule has 0 radical (unpaired) electrons. The van der Waals surface area contributed by atoms with Crippen LogP contribution in [-0.4, -0.2) is 22.1 Å². The van der Waals surface area contributed by atoms with Gasteiger partial charge in [0.2, 0.25) is 0 Å². The molecule has 0 saturated heterocycles. The first-order valence-electron chi connectivity index (χ1n) is 10.2. The molecule has 4 nitrogen and oxygen atoms in total. The number of benzene rings is 1. The van der Waals surface area contributed by atoms with Gasteiger partial charge in [-0.1, -0.05) is 26.0 Å². The lowest BCUT2D eigenvalue weighted by Gasteiger charge is -2.15. The molecule has 0 N–H and O–H groups in total. The molecular weight excluding hydrogens is 384 g/mol. The Kier molecular flexibility index (Phi) is 5.66. The summed E-state index contributed by atoms with van der Waals surface area (Å²) < 4.78 is 35.7. The van der Waals surface area contributed by atoms with Crippen LogP contribution in [0.15, 0.2) is 47.6 Å². The SMILES string of the molecule is Cc1nc2c(OCc3c(F)cccc3F)cccn2c1C1=CC(C(C)C)CCN=C1. The lowest BCUT2D eigenvalue weighted by atomic mass is 9.90. The zero-order valence-corrected chi connectivity index (χ0v) is 17.4. The molecule has 0 fully saturated rings. The first-order valence-corrected chi connectivity index (χ1v) is 10.2. The highest BCUT2D eigenvalue weighted by atomic mass is 19.1. The molecule has 1 atom stereocenters. The third-order valence-corrected chi connectivity index (χ3v) is 5.57. The summed E-state index contributed by atoms with van der Waals surface area (Å²) in [6.45, 7) is 6.99. The topological polar surface area (TPSA) is 38.9 Å². The van der Waals surface area contributed by atoms with Gasteiger partial charge in [-0.25, -0.2) is 13.8 Å². The van der Waals surface area contributed by atoms with Crippen LogP contribution in [0.3, 0.4) is 0 Å². The van der Waals surface area contributed by atoms with Crippen molar-refractivity contribution < 1.29 is 13.5 Å². The van der Waals surface area contributed by atoms with Gasteiger partial charge in [0.25, 0.3) is 0 Å². The molecule has 4 rings (SSSR count). The van der Waals surface area contributed by atoms with Crippen LogP contribution in [-0.2, 0) is 6.61 Å². The van der Waals surface area contributed by atoms with Crippen molar-refractivity contribution in [2.24, 2.45) is 16.8 Å². The van der Waals surface area contributed by atoms with E-state index in [-0.39, 0.29) is 12.2 Å². The predicted molar refractivity (Wildman–Crippen MR) is 115 cm³/mol. The van der Waals surface area contributed by atoms with Gasteiger partial charge in [0, 0.05) is 24.5 Å². The van der Waals surface area contributed by atoms with Gasteiger partial charge in [0.15, 0.2) is 11.4 Å². The lowest BCUT2D eigenvalue weighted by molar-refractivity contribution is 0.294. The largest absolute Gasteiger partial charge is 0.485 e. The van der Waals surface area contributed by atoms with E-state index in [9.17, 15) is 8.78 Å². The number of aryl methyl sites for hydroxylation is 1. The summed E-state index contributed by atoms with van der Waals surface area (Å²) in [5, 5.41) is 0. The summed E-state index contributed by atoms with van der Waals surface area (Å²) in [5.74, 6) is 0.191. The normalized spacial score (nSPS) is 16.7. The van der Waals surface area contributed by atoms with Crippen LogP contribution in [0.1, 0.15) is 37.2 Å². The van der Waals surface area contributed by atoms with Crippen LogP contribution >= 0.6 is 0 Å². The third kappa shape index (κ3) is 3.86. The van der Waals surface area contributed by atoms with Crippen LogP contribution in [0.4, 0.5) is 8.78 Å². The Labute approximate surface area is 174 Å². The number of imidazole rings is 1. The minimum absolute atomic E-state index is 0.0959. The van der Waals surface area contributed by atoms with Gasteiger partial charge in [-0.2, -0.15) is 0 Å². The van der Waals surface area contributed by atoms with Crippen molar-refractivity contribution >= 4 is 17.4 Å². The van der Waals surface area contributed by atoms with E-state index in [2.05, 4.69) is 24.9 Å². The van der Waals surface area contributed by atoms with E-state index in [0.29, 0.717) is 23.2 Å². The Bertz CT molecular complexity index is 1110. The average molecular weight is 409 g/mol. The van der Waals surface area contributed by atoms with E-state index in [4.69, 9.17) is 9.72 Å². The van der Waals surface area contributed by atoms with Gasteiger partial charge in [0.1, 0.15) is 18.2 Å². The maximum absolute atomic E-state index is 14.0. The number of aliphatic imine (C=N–C) groups is 1. The van der Waals surface area contributed by atoms with E-state index < -0.39 is 11.6 Å². The Balaban J connectivity index is 1.72. The molecule has 2 aromatic heterocycles. The molecule has 6 heteroatoms. The second-order valence-electron chi connectivity index (χ2n) is 7.95. The fraction of sp³-hybridized carbons (Fsp3) is 0.333. The molecule has 3 heterocycles. The smallest absolute Gasteiger partial charge is 0.180 e. The highest BCUT2D eigenvalue weighted by molar-refractivity contribution is 6.10. The fourth-order valence-electron chi connectivity index (χ4n) is 3.85. The summed E-state index contributed by atoms with van der Waals surface area (Å²) in [6, 6.07) is 7.40. The van der Waals surface area contributed by atoms with Crippen molar-refractivity contribution in [1.82, 2.24) is 9.38 Å². The molecule has 1 aliphatic rings. The summed E-state index contributed by atoms with van der Waals surface area (Å²) in [6.07, 6.45) is 7.14. The average Bonchev–Trinajstić information content (AvgIpc) is 2.88. The molecule has 156 valence electrons. The summed E-state index contributed by atoms with van der Waals surface area (Å²) >= 11 is 0. The second-order valence-corrected chi connectivity index (χ2v) is 7.95. The number of hydrogen-bond donors (Lipinski definition) is 0. The van der Waals surface area contributed by atoms with Crippen LogP contribution < -0.4 is 4.74 Å². The second kappa shape index (κ2) is 8.38. The number of allylic oxidation sites excluding steroid dienone is 2. The molecule has 0 spiro atoms. The third-order valence-electron chi connectivity index (χ3n) is 5.57. The Morgan fingerprint density at radius 1 is 1.17 bits per heavy atom. The van der Waals surface area contributed by atoms with Crippen LogP contribution in [0.25, 0.3) is 11.2 Å². The van der Waals surface area contributed by atoms with E-state index in [1.807, 2.05) is 29.8 Å². The number of nitrogens with zero attached hydrogens (tertiary/aromatic N) is 3. The number of ether oxygens (including phenoxy) is 1. The first kappa shape index (κ1) is 20.3. The number of halogens is 2. The number of aromatic nitrogens is 2. The van der Waals surface area contributed by atoms with Crippen molar-refractivity contribution in [3.63, 3.8) is 0 Å². The molecule has 0 aliphatic carbocycles. The maximum atomic E-state index is 14.0. The van der Waals surface area contributed by atoms with Gasteiger partial charge in [-0.3, -0.25) is 9.39 Å². The van der Waals surface area contributed by atoms with Gasteiger partial charge >= 0.3 is 0 Å². The van der Waals surface area contributed by atoms with Crippen molar-refractivity contribution in [2.45, 2.75) is 33.8 Å². The lowest BCUT2D eigenvalue weighted by Crippen LogP contribution is -2.07. The monoisotopic (exact) mass is 409 g/mol. The molecule has 30 heavy (non-hydrogen) atoms. The summed E-state index contributed by atoms with van der Waals surface area (Å²) in [5.41, 5.74) is 3.37. The molecule has 0 saturated carbocycles. The highest BCUT2D eigenvalue weighted by Gasteiger charge is 2.20. The van der Waals surface area contributed by atoms with E-state index in [0.717, 1.165) is 29.9 Å². The Hall–Kier alpha value is -3.02. The maximum Gasteiger partial charge on any atom is 0.180 e. The number of hydrogen-bond acceptors (Lipinski definition) is 3. The molecule has 1 unspecified atom stereocenters. The summed E-state index contributed by atoms with van der Waals surface area (Å²) in [4.78, 5) is 9.25. The van der Waals surface area contributed by atoms with Crippen molar-refractivity contribution in [3.05, 3.63) is 71.2 Å². The Morgan fingerprint density at radius 3 is 2.67 bits per heavy atom. The van der Waals surface area contributed by atoms with Crippen molar-refractivity contribution in [2.75, 3.05) is 6.54 Å². The zero-order chi connectivity index (χ0) is 21.3. The van der Waals surface area contributed by atoms with Gasteiger partial charge in [-0.15, -0.1) is 0 Å². The number of rotatable bonds is 5. The van der Waals surface area contributed by atoms with E-state index in [1.165, 1.54) is 18.2 Å². The molecule has 3 aromatic rings. The minimum Gasteiger partial charge on any atom is -0.485 e. The first-order chi connectivity index (χ1) is 14.5. The number of pyridine rings is 1. The number of fused-ring (bicyclic) bond motifs is 1. The molecule has 0 bridgehead atoms. The van der Waals surface area contributed by atoms with E-state index >= 15 is 0 Å². The summed E-state index contributed by atoms with van der Waals surface area (Å²) in [7, 11) is 0.